The van der Waals surface area contributed by atoms with Crippen LogP contribution in [0.5, 0.6) is 5.75 Å². The Balaban J connectivity index is 1.40. The topological polar surface area (TPSA) is 27.1 Å². The molecule has 2 aromatic rings. The van der Waals surface area contributed by atoms with E-state index in [1.807, 2.05) is 13.3 Å². The molecule has 1 aromatic heterocycles. The van der Waals surface area contributed by atoms with Gasteiger partial charge >= 0.3 is 0 Å². The summed E-state index contributed by atoms with van der Waals surface area (Å²) in [6.07, 6.45) is 13.2. The predicted octanol–water partition coefficient (Wildman–Crippen LogP) is 6.13. The summed E-state index contributed by atoms with van der Waals surface area (Å²) in [7, 11) is 0. The Hall–Kier alpha value is -2.10. The zero-order chi connectivity index (χ0) is 19.6. The highest BCUT2D eigenvalue weighted by atomic mass is 19.1. The quantitative estimate of drug-likeness (QED) is 0.576. The lowest BCUT2D eigenvalue weighted by atomic mass is 9.52. The molecule has 2 bridgehead atoms. The lowest BCUT2D eigenvalue weighted by Gasteiger charge is -2.54. The monoisotopic (exact) mass is 382 g/mol. The zero-order valence-electron chi connectivity index (χ0n) is 17.1. The fourth-order valence-electron chi connectivity index (χ4n) is 5.17. The second-order valence-corrected chi connectivity index (χ2v) is 8.90. The summed E-state index contributed by atoms with van der Waals surface area (Å²) >= 11 is 0. The standard InChI is InChI=1S/C24H31FN2O/c1-3-20(14-25)16-28-22-6-4-21(5-7-22)24-11-8-23(9-12-24,10-13-24)17-27-15-19(2)26-18-27/h4-7,14-15,18H,3,8-13,16-17H2,1-2H3/b20-14+. The van der Waals surface area contributed by atoms with Crippen molar-refractivity contribution in [2.24, 2.45) is 5.41 Å². The summed E-state index contributed by atoms with van der Waals surface area (Å²) in [5.41, 5.74) is 4.02. The molecule has 3 fully saturated rings. The molecule has 0 N–H and O–H groups in total. The largest absolute Gasteiger partial charge is 0.489 e. The third kappa shape index (κ3) is 3.74. The van der Waals surface area contributed by atoms with E-state index < -0.39 is 0 Å². The van der Waals surface area contributed by atoms with E-state index >= 15 is 0 Å². The normalized spacial score (nSPS) is 27.2. The first-order chi connectivity index (χ1) is 13.6. The van der Waals surface area contributed by atoms with Crippen molar-refractivity contribution in [3.8, 4) is 5.75 Å². The first-order valence-corrected chi connectivity index (χ1v) is 10.6. The third-order valence-corrected chi connectivity index (χ3v) is 7.18. The summed E-state index contributed by atoms with van der Waals surface area (Å²) < 4.78 is 20.7. The van der Waals surface area contributed by atoms with Crippen LogP contribution in [0.25, 0.3) is 0 Å². The number of fused-ring (bicyclic) bond motifs is 3. The lowest BCUT2D eigenvalue weighted by molar-refractivity contribution is 0.0253. The van der Waals surface area contributed by atoms with E-state index in [9.17, 15) is 4.39 Å². The SMILES string of the molecule is CC/C(=C\F)COc1ccc(C23CCC(Cn4cnc(C)c4)(CC2)CC3)cc1. The fraction of sp³-hybridized carbons (Fsp3) is 0.542. The molecule has 4 heteroatoms. The van der Waals surface area contributed by atoms with Crippen LogP contribution in [0.3, 0.4) is 0 Å². The van der Waals surface area contributed by atoms with E-state index in [-0.39, 0.29) is 0 Å². The number of halogens is 1. The van der Waals surface area contributed by atoms with E-state index in [4.69, 9.17) is 4.74 Å². The van der Waals surface area contributed by atoms with Gasteiger partial charge in [-0.3, -0.25) is 0 Å². The van der Waals surface area contributed by atoms with Gasteiger partial charge in [-0.2, -0.15) is 0 Å². The first-order valence-electron chi connectivity index (χ1n) is 10.6. The highest BCUT2D eigenvalue weighted by Gasteiger charge is 2.49. The zero-order valence-corrected chi connectivity index (χ0v) is 17.1. The van der Waals surface area contributed by atoms with Gasteiger partial charge < -0.3 is 9.30 Å². The Morgan fingerprint density at radius 3 is 2.36 bits per heavy atom. The average Bonchev–Trinajstić information content (AvgIpc) is 3.14. The van der Waals surface area contributed by atoms with Crippen LogP contribution in [0.15, 0.2) is 48.7 Å². The molecular formula is C24H31FN2O. The molecule has 0 saturated heterocycles. The van der Waals surface area contributed by atoms with E-state index in [1.165, 1.54) is 44.1 Å². The molecule has 1 heterocycles. The Bertz CT molecular complexity index is 812. The van der Waals surface area contributed by atoms with Crippen molar-refractivity contribution in [3.63, 3.8) is 0 Å². The summed E-state index contributed by atoms with van der Waals surface area (Å²) in [4.78, 5) is 4.39. The Morgan fingerprint density at radius 2 is 1.82 bits per heavy atom. The van der Waals surface area contributed by atoms with Gasteiger partial charge in [0.1, 0.15) is 12.4 Å². The second kappa shape index (κ2) is 7.73. The smallest absolute Gasteiger partial charge is 0.119 e. The third-order valence-electron chi connectivity index (χ3n) is 7.18. The Morgan fingerprint density at radius 1 is 1.14 bits per heavy atom. The van der Waals surface area contributed by atoms with Crippen LogP contribution in [0, 0.1) is 12.3 Å². The highest BCUT2D eigenvalue weighted by molar-refractivity contribution is 5.34. The van der Waals surface area contributed by atoms with Crippen LogP contribution < -0.4 is 4.74 Å². The molecule has 0 atom stereocenters. The molecule has 1 aromatic carbocycles. The van der Waals surface area contributed by atoms with Crippen molar-refractivity contribution in [1.82, 2.24) is 9.55 Å². The molecule has 0 radical (unpaired) electrons. The Kier molecular flexibility index (Phi) is 5.31. The van der Waals surface area contributed by atoms with Gasteiger partial charge in [0.2, 0.25) is 0 Å². The average molecular weight is 383 g/mol. The molecule has 28 heavy (non-hydrogen) atoms. The van der Waals surface area contributed by atoms with Crippen molar-refractivity contribution in [2.75, 3.05) is 6.61 Å². The molecule has 0 unspecified atom stereocenters. The molecule has 0 amide bonds. The van der Waals surface area contributed by atoms with E-state index in [1.54, 1.807) is 0 Å². The number of hydrogen-bond acceptors (Lipinski definition) is 2. The van der Waals surface area contributed by atoms with Crippen LogP contribution >= 0.6 is 0 Å². The van der Waals surface area contributed by atoms with E-state index in [0.29, 0.717) is 35.8 Å². The van der Waals surface area contributed by atoms with Crippen LogP contribution in [0.2, 0.25) is 0 Å². The number of rotatable bonds is 7. The predicted molar refractivity (Wildman–Crippen MR) is 110 cm³/mol. The van der Waals surface area contributed by atoms with Gasteiger partial charge in [0.05, 0.1) is 18.4 Å². The molecular weight excluding hydrogens is 351 g/mol. The van der Waals surface area contributed by atoms with Gasteiger partial charge in [-0.1, -0.05) is 19.1 Å². The van der Waals surface area contributed by atoms with Gasteiger partial charge in [0, 0.05) is 12.7 Å². The second-order valence-electron chi connectivity index (χ2n) is 8.90. The number of aromatic nitrogens is 2. The van der Waals surface area contributed by atoms with Crippen LogP contribution in [0.1, 0.15) is 63.1 Å². The number of ether oxygens (including phenoxy) is 1. The maximum absolute atomic E-state index is 12.7. The number of imidazole rings is 1. The van der Waals surface area contributed by atoms with Crippen LogP contribution in [0.4, 0.5) is 4.39 Å². The van der Waals surface area contributed by atoms with E-state index in [2.05, 4.69) is 46.9 Å². The molecule has 0 spiro atoms. The number of hydrogen-bond donors (Lipinski definition) is 0. The summed E-state index contributed by atoms with van der Waals surface area (Å²) in [6, 6.07) is 8.58. The van der Waals surface area contributed by atoms with Crippen molar-refractivity contribution in [3.05, 3.63) is 59.9 Å². The molecule has 0 aliphatic heterocycles. The summed E-state index contributed by atoms with van der Waals surface area (Å²) in [5.74, 6) is 0.824. The van der Waals surface area contributed by atoms with Gasteiger partial charge in [-0.25, -0.2) is 9.37 Å². The van der Waals surface area contributed by atoms with E-state index in [0.717, 1.165) is 18.0 Å². The lowest BCUT2D eigenvalue weighted by Crippen LogP contribution is -2.45. The minimum atomic E-state index is 0.327. The van der Waals surface area contributed by atoms with Gasteiger partial charge in [-0.05, 0) is 86.0 Å². The summed E-state index contributed by atoms with van der Waals surface area (Å²) in [6.45, 7) is 5.44. The number of aryl methyl sites for hydroxylation is 1. The van der Waals surface area contributed by atoms with Crippen molar-refractivity contribution in [1.29, 1.82) is 0 Å². The van der Waals surface area contributed by atoms with Gasteiger partial charge in [-0.15, -0.1) is 0 Å². The molecule has 3 saturated carbocycles. The first kappa shape index (κ1) is 19.2. The Labute approximate surface area is 167 Å². The van der Waals surface area contributed by atoms with Gasteiger partial charge in [0.25, 0.3) is 0 Å². The van der Waals surface area contributed by atoms with Crippen LogP contribution in [-0.4, -0.2) is 16.2 Å². The molecule has 3 aliphatic rings. The summed E-state index contributed by atoms with van der Waals surface area (Å²) in [5, 5.41) is 0. The fourth-order valence-corrected chi connectivity index (χ4v) is 5.17. The maximum atomic E-state index is 12.7. The van der Waals surface area contributed by atoms with Crippen molar-refractivity contribution in [2.45, 2.75) is 70.8 Å². The van der Waals surface area contributed by atoms with Crippen molar-refractivity contribution < 1.29 is 9.13 Å². The van der Waals surface area contributed by atoms with Gasteiger partial charge in [0.15, 0.2) is 0 Å². The maximum Gasteiger partial charge on any atom is 0.119 e. The number of benzene rings is 1. The number of nitrogens with zero attached hydrogens (tertiary/aromatic N) is 2. The van der Waals surface area contributed by atoms with Crippen molar-refractivity contribution >= 4 is 0 Å². The minimum absolute atomic E-state index is 0.327. The molecule has 5 rings (SSSR count). The molecule has 3 nitrogen and oxygen atoms in total. The molecule has 150 valence electrons. The highest BCUT2D eigenvalue weighted by Crippen LogP contribution is 2.58. The van der Waals surface area contributed by atoms with Crippen LogP contribution in [-0.2, 0) is 12.0 Å². The minimum Gasteiger partial charge on any atom is -0.489 e. The molecule has 3 aliphatic carbocycles.